The summed E-state index contributed by atoms with van der Waals surface area (Å²) in [7, 11) is 0. The van der Waals surface area contributed by atoms with E-state index in [1.165, 1.54) is 0 Å². The summed E-state index contributed by atoms with van der Waals surface area (Å²) < 4.78 is 0. The molecule has 0 spiro atoms. The van der Waals surface area contributed by atoms with Crippen molar-refractivity contribution in [3.05, 3.63) is 0 Å². The van der Waals surface area contributed by atoms with Crippen LogP contribution in [0.15, 0.2) is 0 Å². The van der Waals surface area contributed by atoms with Gasteiger partial charge < -0.3 is 14.9 Å². The summed E-state index contributed by atoms with van der Waals surface area (Å²) in [5.41, 5.74) is -0.688. The van der Waals surface area contributed by atoms with Gasteiger partial charge in [-0.3, -0.25) is 4.79 Å². The first-order valence-corrected chi connectivity index (χ1v) is 7.54. The Labute approximate surface area is 126 Å². The molecule has 6 nitrogen and oxygen atoms in total. The van der Waals surface area contributed by atoms with Crippen LogP contribution in [0.3, 0.4) is 0 Å². The normalized spacial score (nSPS) is 17.4. The van der Waals surface area contributed by atoms with Crippen molar-refractivity contribution in [3.8, 4) is 6.07 Å². The molecule has 0 saturated carbocycles. The Morgan fingerprint density at radius 2 is 1.95 bits per heavy atom. The van der Waals surface area contributed by atoms with E-state index in [9.17, 15) is 14.7 Å². The Morgan fingerprint density at radius 1 is 1.38 bits per heavy atom. The molecule has 21 heavy (non-hydrogen) atoms. The Hall–Kier alpha value is -1.77. The zero-order valence-corrected chi connectivity index (χ0v) is 13.1. The van der Waals surface area contributed by atoms with Crippen LogP contribution in [0, 0.1) is 16.7 Å². The zero-order valence-electron chi connectivity index (χ0n) is 13.1. The Kier molecular flexibility index (Phi) is 6.01. The van der Waals surface area contributed by atoms with E-state index in [4.69, 9.17) is 5.26 Å². The van der Waals surface area contributed by atoms with Crippen LogP contribution in [0.4, 0.5) is 4.79 Å². The zero-order chi connectivity index (χ0) is 16.0. The fourth-order valence-electron chi connectivity index (χ4n) is 2.77. The van der Waals surface area contributed by atoms with Crippen molar-refractivity contribution in [2.45, 2.75) is 52.5 Å². The van der Waals surface area contributed by atoms with Gasteiger partial charge in [-0.1, -0.05) is 6.92 Å². The lowest BCUT2D eigenvalue weighted by Gasteiger charge is -2.41. The minimum atomic E-state index is -0.762. The molecule has 1 aliphatic rings. The van der Waals surface area contributed by atoms with Gasteiger partial charge in [0.05, 0.1) is 17.9 Å². The van der Waals surface area contributed by atoms with Crippen molar-refractivity contribution in [3.63, 3.8) is 0 Å². The smallest absolute Gasteiger partial charge is 0.320 e. The lowest BCUT2D eigenvalue weighted by molar-refractivity contribution is -0.152. The van der Waals surface area contributed by atoms with Crippen LogP contribution in [0.25, 0.3) is 0 Å². The number of urea groups is 1. The molecule has 1 fully saturated rings. The summed E-state index contributed by atoms with van der Waals surface area (Å²) >= 11 is 0. The molecule has 1 rings (SSSR count). The molecule has 1 aliphatic heterocycles. The molecule has 6 heteroatoms. The van der Waals surface area contributed by atoms with Gasteiger partial charge in [-0.2, -0.15) is 5.26 Å². The SMILES string of the molecule is CCC1(C(=O)O)CCN(C(=O)N(CCC#N)C(C)C)CC1. The van der Waals surface area contributed by atoms with E-state index < -0.39 is 11.4 Å². The minimum absolute atomic E-state index is 0.0307. The number of amides is 2. The van der Waals surface area contributed by atoms with Crippen molar-refractivity contribution < 1.29 is 14.7 Å². The third kappa shape index (κ3) is 3.87. The van der Waals surface area contributed by atoms with Gasteiger partial charge in [-0.05, 0) is 33.1 Å². The maximum absolute atomic E-state index is 12.5. The van der Waals surface area contributed by atoms with Crippen LogP contribution in [0.1, 0.15) is 46.5 Å². The molecule has 0 aromatic rings. The number of likely N-dealkylation sites (tertiary alicyclic amines) is 1. The van der Waals surface area contributed by atoms with Crippen LogP contribution in [-0.4, -0.2) is 52.6 Å². The molecule has 2 amide bonds. The fourth-order valence-corrected chi connectivity index (χ4v) is 2.77. The summed E-state index contributed by atoms with van der Waals surface area (Å²) in [6.07, 6.45) is 1.89. The van der Waals surface area contributed by atoms with Crippen LogP contribution in [-0.2, 0) is 4.79 Å². The Morgan fingerprint density at radius 3 is 2.33 bits per heavy atom. The molecule has 0 unspecified atom stereocenters. The van der Waals surface area contributed by atoms with E-state index >= 15 is 0 Å². The van der Waals surface area contributed by atoms with Crippen LogP contribution in [0.2, 0.25) is 0 Å². The lowest BCUT2D eigenvalue weighted by atomic mass is 9.76. The van der Waals surface area contributed by atoms with E-state index in [2.05, 4.69) is 6.07 Å². The van der Waals surface area contributed by atoms with Crippen LogP contribution in [0.5, 0.6) is 0 Å². The van der Waals surface area contributed by atoms with Crippen molar-refractivity contribution >= 4 is 12.0 Å². The van der Waals surface area contributed by atoms with Gasteiger partial charge in [0, 0.05) is 25.7 Å². The number of rotatable bonds is 5. The van der Waals surface area contributed by atoms with Gasteiger partial charge in [0.25, 0.3) is 0 Å². The second kappa shape index (κ2) is 7.30. The van der Waals surface area contributed by atoms with E-state index in [1.54, 1.807) is 9.80 Å². The first-order chi connectivity index (χ1) is 9.88. The van der Waals surface area contributed by atoms with E-state index in [0.29, 0.717) is 45.3 Å². The highest BCUT2D eigenvalue weighted by Gasteiger charge is 2.41. The fraction of sp³-hybridized carbons (Fsp3) is 0.800. The van der Waals surface area contributed by atoms with Crippen molar-refractivity contribution in [2.24, 2.45) is 5.41 Å². The highest BCUT2D eigenvalue weighted by atomic mass is 16.4. The second-order valence-corrected chi connectivity index (χ2v) is 5.90. The van der Waals surface area contributed by atoms with E-state index in [1.807, 2.05) is 20.8 Å². The molecular formula is C15H25N3O3. The highest BCUT2D eigenvalue weighted by Crippen LogP contribution is 2.35. The topological polar surface area (TPSA) is 84.6 Å². The summed E-state index contributed by atoms with van der Waals surface area (Å²) in [5, 5.41) is 18.1. The van der Waals surface area contributed by atoms with Crippen molar-refractivity contribution in [2.75, 3.05) is 19.6 Å². The standard InChI is InChI=1S/C15H25N3O3/c1-4-15(13(19)20)6-10-17(11-7-15)14(21)18(12(2)3)9-5-8-16/h12H,4-7,9-11H2,1-3H3,(H,19,20). The predicted molar refractivity (Wildman–Crippen MR) is 78.6 cm³/mol. The third-order valence-corrected chi connectivity index (χ3v) is 4.46. The van der Waals surface area contributed by atoms with Gasteiger partial charge in [-0.15, -0.1) is 0 Å². The number of carboxylic acid groups (broad SMARTS) is 1. The maximum Gasteiger partial charge on any atom is 0.320 e. The highest BCUT2D eigenvalue weighted by molar-refractivity contribution is 5.77. The number of nitriles is 1. The molecule has 118 valence electrons. The number of carboxylic acids is 1. The van der Waals surface area contributed by atoms with Crippen molar-refractivity contribution in [1.82, 2.24) is 9.80 Å². The van der Waals surface area contributed by atoms with Gasteiger partial charge in [0.15, 0.2) is 0 Å². The number of hydrogen-bond donors (Lipinski definition) is 1. The Bertz CT molecular complexity index is 420. The summed E-state index contributed by atoms with van der Waals surface area (Å²) in [6, 6.07) is 2.00. The third-order valence-electron chi connectivity index (χ3n) is 4.46. The van der Waals surface area contributed by atoms with Crippen LogP contribution >= 0.6 is 0 Å². The molecular weight excluding hydrogens is 270 g/mol. The molecule has 1 heterocycles. The van der Waals surface area contributed by atoms with Gasteiger partial charge >= 0.3 is 12.0 Å². The number of piperidine rings is 1. The number of aliphatic carboxylic acids is 1. The number of carbonyl (C=O) groups is 2. The molecule has 1 saturated heterocycles. The van der Waals surface area contributed by atoms with Gasteiger partial charge in [-0.25, -0.2) is 4.79 Å². The summed E-state index contributed by atoms with van der Waals surface area (Å²) in [6.45, 7) is 7.09. The number of nitrogens with zero attached hydrogens (tertiary/aromatic N) is 3. The summed E-state index contributed by atoms with van der Waals surface area (Å²) in [5.74, 6) is -0.762. The maximum atomic E-state index is 12.5. The average molecular weight is 295 g/mol. The first kappa shape index (κ1) is 17.3. The average Bonchev–Trinajstić information content (AvgIpc) is 2.47. The van der Waals surface area contributed by atoms with Gasteiger partial charge in [0.2, 0.25) is 0 Å². The minimum Gasteiger partial charge on any atom is -0.481 e. The quantitative estimate of drug-likeness (QED) is 0.843. The molecule has 1 N–H and O–H groups in total. The predicted octanol–water partition coefficient (Wildman–Crippen LogP) is 2.31. The molecule has 0 aromatic carbocycles. The largest absolute Gasteiger partial charge is 0.481 e. The van der Waals surface area contributed by atoms with E-state index in [0.717, 1.165) is 0 Å². The lowest BCUT2D eigenvalue weighted by Crippen LogP contribution is -2.52. The number of carbonyl (C=O) groups excluding carboxylic acids is 1. The van der Waals surface area contributed by atoms with Crippen molar-refractivity contribution in [1.29, 1.82) is 5.26 Å². The molecule has 0 bridgehead atoms. The van der Waals surface area contributed by atoms with Gasteiger partial charge in [0.1, 0.15) is 0 Å². The first-order valence-electron chi connectivity index (χ1n) is 7.54. The molecule has 0 aliphatic carbocycles. The monoisotopic (exact) mass is 295 g/mol. The number of hydrogen-bond acceptors (Lipinski definition) is 3. The Balaban J connectivity index is 2.69. The molecule has 0 atom stereocenters. The molecule has 0 radical (unpaired) electrons. The summed E-state index contributed by atoms with van der Waals surface area (Å²) in [4.78, 5) is 27.3. The van der Waals surface area contributed by atoms with Crippen LogP contribution < -0.4 is 0 Å². The molecule has 0 aromatic heterocycles. The second-order valence-electron chi connectivity index (χ2n) is 5.90. The van der Waals surface area contributed by atoms with E-state index in [-0.39, 0.29) is 12.1 Å².